The van der Waals surface area contributed by atoms with Crippen molar-refractivity contribution in [2.45, 2.75) is 37.1 Å². The van der Waals surface area contributed by atoms with E-state index in [0.29, 0.717) is 25.1 Å². The minimum absolute atomic E-state index is 0.0509. The summed E-state index contributed by atoms with van der Waals surface area (Å²) in [6, 6.07) is 6.33. The van der Waals surface area contributed by atoms with Gasteiger partial charge in [-0.05, 0) is 50.0 Å². The Morgan fingerprint density at radius 1 is 1.18 bits per heavy atom. The summed E-state index contributed by atoms with van der Waals surface area (Å²) in [6.07, 6.45) is 5.21. The zero-order chi connectivity index (χ0) is 20.8. The highest BCUT2D eigenvalue weighted by molar-refractivity contribution is 7.89. The first-order valence-corrected chi connectivity index (χ1v) is 12.3. The third kappa shape index (κ3) is 7.01. The van der Waals surface area contributed by atoms with Crippen LogP contribution in [0.2, 0.25) is 0 Å². The zero-order valence-electron chi connectivity index (χ0n) is 16.1. The predicted molar refractivity (Wildman–Crippen MR) is 109 cm³/mol. The van der Waals surface area contributed by atoms with Crippen LogP contribution in [0.15, 0.2) is 35.2 Å². The van der Waals surface area contributed by atoms with Gasteiger partial charge >= 0.3 is 0 Å². The third-order valence-corrected chi connectivity index (χ3v) is 7.70. The summed E-state index contributed by atoms with van der Waals surface area (Å²) in [6.45, 7) is 2.28. The van der Waals surface area contributed by atoms with Crippen LogP contribution in [0.1, 0.15) is 31.7 Å². The number of hydrogen-bond acceptors (Lipinski definition) is 5. The molecule has 0 spiro atoms. The average molecular weight is 430 g/mol. The van der Waals surface area contributed by atoms with Gasteiger partial charge in [0.05, 0.1) is 10.6 Å². The second-order valence-electron chi connectivity index (χ2n) is 6.66. The molecule has 1 amide bonds. The van der Waals surface area contributed by atoms with Gasteiger partial charge in [0, 0.05) is 32.3 Å². The standard InChI is InChI=1S/C18H27N3O5S2/c1-3-27(23,24)21(2)14-4-13-19-18(22)12-7-15-5-10-17(11-6-15)28(25,26)20-16-8-9-16/h5-7,10-12,16,20H,3-4,8-9,13-14H2,1-2H3,(H,19,22). The Morgan fingerprint density at radius 3 is 2.39 bits per heavy atom. The van der Waals surface area contributed by atoms with Gasteiger partial charge in [-0.25, -0.2) is 25.9 Å². The van der Waals surface area contributed by atoms with Crippen molar-refractivity contribution < 1.29 is 21.6 Å². The molecule has 0 aromatic heterocycles. The highest BCUT2D eigenvalue weighted by atomic mass is 32.2. The first kappa shape index (κ1) is 22.5. The molecule has 1 aliphatic rings. The largest absolute Gasteiger partial charge is 0.353 e. The van der Waals surface area contributed by atoms with Crippen molar-refractivity contribution in [3.8, 4) is 0 Å². The molecule has 0 saturated heterocycles. The van der Waals surface area contributed by atoms with E-state index in [9.17, 15) is 21.6 Å². The molecule has 0 atom stereocenters. The summed E-state index contributed by atoms with van der Waals surface area (Å²) in [4.78, 5) is 12.0. The Morgan fingerprint density at radius 2 is 1.82 bits per heavy atom. The lowest BCUT2D eigenvalue weighted by molar-refractivity contribution is -0.116. The summed E-state index contributed by atoms with van der Waals surface area (Å²) in [5.74, 6) is -0.247. The van der Waals surface area contributed by atoms with Crippen molar-refractivity contribution in [3.63, 3.8) is 0 Å². The van der Waals surface area contributed by atoms with Gasteiger partial charge in [0.1, 0.15) is 0 Å². The monoisotopic (exact) mass is 429 g/mol. The van der Waals surface area contributed by atoms with E-state index in [0.717, 1.165) is 12.8 Å². The highest BCUT2D eigenvalue weighted by Crippen LogP contribution is 2.22. The average Bonchev–Trinajstić information content (AvgIpc) is 3.46. The topological polar surface area (TPSA) is 113 Å². The normalized spacial score (nSPS) is 15.2. The summed E-state index contributed by atoms with van der Waals surface area (Å²) in [5.41, 5.74) is 0.703. The van der Waals surface area contributed by atoms with Gasteiger partial charge in [0.25, 0.3) is 0 Å². The van der Waals surface area contributed by atoms with Crippen LogP contribution in [-0.2, 0) is 24.8 Å². The number of nitrogens with one attached hydrogen (secondary N) is 2. The second-order valence-corrected chi connectivity index (χ2v) is 10.7. The number of carbonyl (C=O) groups excluding carboxylic acids is 1. The number of hydrogen-bond donors (Lipinski definition) is 2. The van der Waals surface area contributed by atoms with Crippen LogP contribution in [0.3, 0.4) is 0 Å². The van der Waals surface area contributed by atoms with Gasteiger partial charge in [-0.3, -0.25) is 4.79 Å². The Kier molecular flexibility index (Phi) is 7.76. The van der Waals surface area contributed by atoms with Gasteiger partial charge in [0.15, 0.2) is 0 Å². The van der Waals surface area contributed by atoms with Gasteiger partial charge in [-0.1, -0.05) is 12.1 Å². The van der Waals surface area contributed by atoms with E-state index >= 15 is 0 Å². The fourth-order valence-corrected chi connectivity index (χ4v) is 4.50. The molecule has 0 unspecified atom stereocenters. The van der Waals surface area contributed by atoms with Crippen LogP contribution in [-0.4, -0.2) is 59.0 Å². The summed E-state index contributed by atoms with van der Waals surface area (Å²) in [7, 11) is -5.16. The molecule has 10 heteroatoms. The number of nitrogens with zero attached hydrogens (tertiary/aromatic N) is 1. The quantitative estimate of drug-likeness (QED) is 0.401. The van der Waals surface area contributed by atoms with Crippen molar-refractivity contribution in [2.24, 2.45) is 0 Å². The maximum atomic E-state index is 12.1. The lowest BCUT2D eigenvalue weighted by atomic mass is 10.2. The van der Waals surface area contributed by atoms with Crippen LogP contribution in [0.4, 0.5) is 0 Å². The predicted octanol–water partition coefficient (Wildman–Crippen LogP) is 0.928. The van der Waals surface area contributed by atoms with Crippen LogP contribution in [0.25, 0.3) is 6.08 Å². The molecule has 1 aromatic rings. The van der Waals surface area contributed by atoms with Gasteiger partial charge in [-0.15, -0.1) is 0 Å². The molecule has 0 bridgehead atoms. The minimum atomic E-state index is -3.48. The zero-order valence-corrected chi connectivity index (χ0v) is 17.7. The van der Waals surface area contributed by atoms with Crippen molar-refractivity contribution in [1.29, 1.82) is 0 Å². The molecule has 2 N–H and O–H groups in total. The molecular weight excluding hydrogens is 402 g/mol. The van der Waals surface area contributed by atoms with Crippen molar-refractivity contribution in [2.75, 3.05) is 25.9 Å². The van der Waals surface area contributed by atoms with Gasteiger partial charge in [-0.2, -0.15) is 0 Å². The van der Waals surface area contributed by atoms with Crippen molar-refractivity contribution in [1.82, 2.24) is 14.3 Å². The number of rotatable bonds is 11. The fraction of sp³-hybridized carbons (Fsp3) is 0.500. The number of amides is 1. The molecule has 2 rings (SSSR count). The molecular formula is C18H27N3O5S2. The van der Waals surface area contributed by atoms with E-state index in [-0.39, 0.29) is 22.6 Å². The number of sulfonamides is 2. The second kappa shape index (κ2) is 9.64. The van der Waals surface area contributed by atoms with Crippen LogP contribution >= 0.6 is 0 Å². The van der Waals surface area contributed by atoms with Crippen LogP contribution < -0.4 is 10.0 Å². The Balaban J connectivity index is 1.77. The fourth-order valence-electron chi connectivity index (χ4n) is 2.35. The molecule has 0 radical (unpaired) electrons. The van der Waals surface area contributed by atoms with E-state index in [1.807, 2.05) is 0 Å². The third-order valence-electron chi connectivity index (χ3n) is 4.31. The Labute approximate surface area is 167 Å². The Bertz CT molecular complexity index is 905. The first-order chi connectivity index (χ1) is 13.1. The van der Waals surface area contributed by atoms with Crippen molar-refractivity contribution in [3.05, 3.63) is 35.9 Å². The van der Waals surface area contributed by atoms with E-state index in [1.54, 1.807) is 25.1 Å². The molecule has 0 aliphatic heterocycles. The van der Waals surface area contributed by atoms with E-state index in [2.05, 4.69) is 10.0 Å². The summed E-state index contributed by atoms with van der Waals surface area (Å²) < 4.78 is 51.3. The smallest absolute Gasteiger partial charge is 0.243 e. The van der Waals surface area contributed by atoms with E-state index in [4.69, 9.17) is 0 Å². The lowest BCUT2D eigenvalue weighted by Gasteiger charge is -2.15. The Hall–Kier alpha value is -1.75. The van der Waals surface area contributed by atoms with Gasteiger partial charge in [0.2, 0.25) is 26.0 Å². The number of benzene rings is 1. The van der Waals surface area contributed by atoms with Crippen molar-refractivity contribution >= 4 is 32.0 Å². The maximum Gasteiger partial charge on any atom is 0.243 e. The van der Waals surface area contributed by atoms with E-state index < -0.39 is 20.0 Å². The molecule has 0 heterocycles. The van der Waals surface area contributed by atoms with Crippen LogP contribution in [0.5, 0.6) is 0 Å². The molecule has 156 valence electrons. The molecule has 28 heavy (non-hydrogen) atoms. The summed E-state index contributed by atoms with van der Waals surface area (Å²) in [5, 5.41) is 2.69. The molecule has 1 aliphatic carbocycles. The maximum absolute atomic E-state index is 12.1. The lowest BCUT2D eigenvalue weighted by Crippen LogP contribution is -2.32. The van der Waals surface area contributed by atoms with E-state index in [1.165, 1.54) is 29.6 Å². The minimum Gasteiger partial charge on any atom is -0.353 e. The summed E-state index contributed by atoms with van der Waals surface area (Å²) >= 11 is 0. The molecule has 8 nitrogen and oxygen atoms in total. The first-order valence-electron chi connectivity index (χ1n) is 9.16. The van der Waals surface area contributed by atoms with Crippen LogP contribution in [0, 0.1) is 0 Å². The number of carbonyl (C=O) groups is 1. The van der Waals surface area contributed by atoms with Gasteiger partial charge < -0.3 is 5.32 Å². The molecule has 1 saturated carbocycles. The molecule has 1 aromatic carbocycles. The SMILES string of the molecule is CCS(=O)(=O)N(C)CCCNC(=O)C=Cc1ccc(S(=O)(=O)NC2CC2)cc1. The molecule has 1 fully saturated rings. The highest BCUT2D eigenvalue weighted by Gasteiger charge is 2.27.